The summed E-state index contributed by atoms with van der Waals surface area (Å²) in [6, 6.07) is 11.5. The number of rotatable bonds is 5. The zero-order chi connectivity index (χ0) is 16.8. The number of piperazine rings is 1. The second-order valence-corrected chi connectivity index (χ2v) is 5.65. The summed E-state index contributed by atoms with van der Waals surface area (Å²) >= 11 is 0. The van der Waals surface area contributed by atoms with Crippen LogP contribution in [0.4, 0.5) is 5.69 Å². The number of amides is 1. The molecule has 1 aromatic carbocycles. The Morgan fingerprint density at radius 3 is 2.85 bits per heavy atom. The molecule has 1 atom stereocenters. The molecule has 1 saturated heterocycles. The molecule has 2 aromatic rings. The number of aromatic nitrogens is 1. The number of para-hydroxylation sites is 2. The van der Waals surface area contributed by atoms with Crippen LogP contribution in [0.5, 0.6) is 5.75 Å². The van der Waals surface area contributed by atoms with Gasteiger partial charge in [-0.1, -0.05) is 18.2 Å². The Morgan fingerprint density at radius 2 is 2.12 bits per heavy atom. The van der Waals surface area contributed by atoms with Crippen LogP contribution in [0.2, 0.25) is 0 Å². The van der Waals surface area contributed by atoms with Crippen LogP contribution in [0.1, 0.15) is 11.6 Å². The molecule has 142 valence electrons. The van der Waals surface area contributed by atoms with E-state index in [1.165, 1.54) is 0 Å². The fourth-order valence-electron chi connectivity index (χ4n) is 2.94. The van der Waals surface area contributed by atoms with Gasteiger partial charge in [-0.3, -0.25) is 9.78 Å². The highest BCUT2D eigenvalue weighted by molar-refractivity contribution is 5.85. The van der Waals surface area contributed by atoms with Gasteiger partial charge in [-0.25, -0.2) is 0 Å². The molecular weight excluding hydrogens is 375 g/mol. The molecule has 0 bridgehead atoms. The van der Waals surface area contributed by atoms with Gasteiger partial charge < -0.3 is 20.3 Å². The summed E-state index contributed by atoms with van der Waals surface area (Å²) in [5.74, 6) is 0.797. The van der Waals surface area contributed by atoms with Crippen molar-refractivity contribution >= 4 is 36.4 Å². The second kappa shape index (κ2) is 10.9. The molecule has 2 heterocycles. The topological polar surface area (TPSA) is 66.5 Å². The van der Waals surface area contributed by atoms with Crippen LogP contribution in [-0.4, -0.2) is 49.1 Å². The third-order valence-electron chi connectivity index (χ3n) is 4.17. The second-order valence-electron chi connectivity index (χ2n) is 5.65. The smallest absolute Gasteiger partial charge is 0.242 e. The van der Waals surface area contributed by atoms with Crippen molar-refractivity contribution in [1.82, 2.24) is 15.2 Å². The summed E-state index contributed by atoms with van der Waals surface area (Å²) in [5, 5.41) is 6.53. The Morgan fingerprint density at radius 1 is 1.31 bits per heavy atom. The average Bonchev–Trinajstić information content (AvgIpc) is 2.67. The zero-order valence-electron chi connectivity index (χ0n) is 14.6. The number of anilines is 1. The van der Waals surface area contributed by atoms with Crippen molar-refractivity contribution in [3.05, 3.63) is 54.4 Å². The number of halogens is 2. The lowest BCUT2D eigenvalue weighted by atomic mass is 10.1. The zero-order valence-corrected chi connectivity index (χ0v) is 16.2. The Kier molecular flexibility index (Phi) is 9.19. The van der Waals surface area contributed by atoms with E-state index in [0.29, 0.717) is 6.54 Å². The summed E-state index contributed by atoms with van der Waals surface area (Å²) in [6.45, 7) is 2.46. The minimum Gasteiger partial charge on any atom is -0.495 e. The predicted octanol–water partition coefficient (Wildman–Crippen LogP) is 2.52. The molecule has 1 aliphatic rings. The number of hydrogen-bond acceptors (Lipinski definition) is 5. The molecular formula is C18H24Cl2N4O2. The van der Waals surface area contributed by atoms with Crippen LogP contribution in [0.15, 0.2) is 48.8 Å². The molecule has 0 aliphatic carbocycles. The van der Waals surface area contributed by atoms with Crippen molar-refractivity contribution in [1.29, 1.82) is 0 Å². The van der Waals surface area contributed by atoms with Gasteiger partial charge in [0.15, 0.2) is 0 Å². The van der Waals surface area contributed by atoms with E-state index in [9.17, 15) is 4.79 Å². The van der Waals surface area contributed by atoms with E-state index in [-0.39, 0.29) is 43.3 Å². The quantitative estimate of drug-likeness (QED) is 0.809. The minimum atomic E-state index is 0. The van der Waals surface area contributed by atoms with E-state index >= 15 is 0 Å². The van der Waals surface area contributed by atoms with Gasteiger partial charge in [-0.15, -0.1) is 24.8 Å². The van der Waals surface area contributed by atoms with Crippen molar-refractivity contribution in [3.63, 3.8) is 0 Å². The standard InChI is InChI=1S/C18H22N4O2.2ClH/c1-24-17-7-3-2-6-15(17)21-13-18(23)22-10-9-20-12-16(22)14-5-4-8-19-11-14;;/h2-8,11,16,20-21H,9-10,12-13H2,1H3;2*1H. The van der Waals surface area contributed by atoms with Crippen molar-refractivity contribution in [2.24, 2.45) is 0 Å². The molecule has 2 N–H and O–H groups in total. The van der Waals surface area contributed by atoms with Gasteiger partial charge in [0.05, 0.1) is 25.4 Å². The van der Waals surface area contributed by atoms with Crippen LogP contribution in [0, 0.1) is 0 Å². The number of benzene rings is 1. The van der Waals surface area contributed by atoms with Gasteiger partial charge in [-0.05, 0) is 23.8 Å². The van der Waals surface area contributed by atoms with Gasteiger partial charge in [0.2, 0.25) is 5.91 Å². The third kappa shape index (κ3) is 5.24. The fraction of sp³-hybridized carbons (Fsp3) is 0.333. The van der Waals surface area contributed by atoms with Crippen LogP contribution < -0.4 is 15.4 Å². The summed E-state index contributed by atoms with van der Waals surface area (Å²) in [5.41, 5.74) is 1.87. The number of nitrogens with zero attached hydrogens (tertiary/aromatic N) is 2. The number of methoxy groups -OCH3 is 1. The monoisotopic (exact) mass is 398 g/mol. The van der Waals surface area contributed by atoms with E-state index in [1.807, 2.05) is 47.5 Å². The molecule has 3 rings (SSSR count). The fourth-order valence-corrected chi connectivity index (χ4v) is 2.94. The summed E-state index contributed by atoms with van der Waals surface area (Å²) < 4.78 is 5.31. The van der Waals surface area contributed by atoms with Gasteiger partial charge in [0.1, 0.15) is 5.75 Å². The maximum Gasteiger partial charge on any atom is 0.242 e. The van der Waals surface area contributed by atoms with E-state index < -0.39 is 0 Å². The number of ether oxygens (including phenoxy) is 1. The number of carbonyl (C=O) groups is 1. The first-order valence-corrected chi connectivity index (χ1v) is 8.06. The van der Waals surface area contributed by atoms with Gasteiger partial charge >= 0.3 is 0 Å². The van der Waals surface area contributed by atoms with Crippen LogP contribution >= 0.6 is 24.8 Å². The maximum absolute atomic E-state index is 12.7. The van der Waals surface area contributed by atoms with E-state index in [0.717, 1.165) is 30.1 Å². The Hall–Kier alpha value is -2.02. The summed E-state index contributed by atoms with van der Waals surface area (Å²) in [7, 11) is 1.62. The molecule has 0 radical (unpaired) electrons. The molecule has 1 unspecified atom stereocenters. The molecule has 1 aliphatic heterocycles. The first kappa shape index (κ1) is 22.0. The highest BCUT2D eigenvalue weighted by atomic mass is 35.5. The highest BCUT2D eigenvalue weighted by Crippen LogP contribution is 2.24. The van der Waals surface area contributed by atoms with Crippen LogP contribution in [-0.2, 0) is 4.79 Å². The SMILES string of the molecule is COc1ccccc1NCC(=O)N1CCNCC1c1cccnc1.Cl.Cl. The maximum atomic E-state index is 12.7. The molecule has 1 aromatic heterocycles. The average molecular weight is 399 g/mol. The first-order valence-electron chi connectivity index (χ1n) is 8.06. The van der Waals surface area contributed by atoms with Crippen LogP contribution in [0.3, 0.4) is 0 Å². The summed E-state index contributed by atoms with van der Waals surface area (Å²) in [6.07, 6.45) is 3.57. The lowest BCUT2D eigenvalue weighted by Crippen LogP contribution is -2.50. The van der Waals surface area contributed by atoms with E-state index in [1.54, 1.807) is 13.3 Å². The Labute approximate surface area is 166 Å². The van der Waals surface area contributed by atoms with E-state index in [2.05, 4.69) is 15.6 Å². The van der Waals surface area contributed by atoms with Crippen LogP contribution in [0.25, 0.3) is 0 Å². The van der Waals surface area contributed by atoms with Crippen molar-refractivity contribution < 1.29 is 9.53 Å². The molecule has 1 amide bonds. The Balaban J connectivity index is 0.00000169. The number of hydrogen-bond donors (Lipinski definition) is 2. The molecule has 6 nitrogen and oxygen atoms in total. The summed E-state index contributed by atoms with van der Waals surface area (Å²) in [4.78, 5) is 18.8. The predicted molar refractivity (Wildman–Crippen MR) is 108 cm³/mol. The number of carbonyl (C=O) groups excluding carboxylic acids is 1. The van der Waals surface area contributed by atoms with Gasteiger partial charge in [0, 0.05) is 32.0 Å². The molecule has 26 heavy (non-hydrogen) atoms. The van der Waals surface area contributed by atoms with Crippen molar-refractivity contribution in [2.45, 2.75) is 6.04 Å². The third-order valence-corrected chi connectivity index (χ3v) is 4.17. The van der Waals surface area contributed by atoms with Crippen molar-refractivity contribution in [2.75, 3.05) is 38.6 Å². The lowest BCUT2D eigenvalue weighted by molar-refractivity contribution is -0.132. The lowest BCUT2D eigenvalue weighted by Gasteiger charge is -2.36. The van der Waals surface area contributed by atoms with E-state index in [4.69, 9.17) is 4.74 Å². The van der Waals surface area contributed by atoms with Gasteiger partial charge in [0.25, 0.3) is 0 Å². The first-order chi connectivity index (χ1) is 11.8. The minimum absolute atomic E-state index is 0. The highest BCUT2D eigenvalue weighted by Gasteiger charge is 2.27. The number of nitrogens with one attached hydrogen (secondary N) is 2. The molecule has 8 heteroatoms. The van der Waals surface area contributed by atoms with Crippen molar-refractivity contribution in [3.8, 4) is 5.75 Å². The number of pyridine rings is 1. The van der Waals surface area contributed by atoms with Gasteiger partial charge in [-0.2, -0.15) is 0 Å². The Bertz CT molecular complexity index is 688. The molecule has 0 saturated carbocycles. The molecule has 0 spiro atoms. The normalized spacial score (nSPS) is 16.0. The largest absolute Gasteiger partial charge is 0.495 e. The molecule has 1 fully saturated rings.